The van der Waals surface area contributed by atoms with Crippen molar-refractivity contribution in [3.8, 4) is 0 Å². The molecule has 0 spiro atoms. The van der Waals surface area contributed by atoms with Crippen molar-refractivity contribution < 1.29 is 4.79 Å². The van der Waals surface area contributed by atoms with Crippen LogP contribution in [0.5, 0.6) is 0 Å². The molecule has 0 aliphatic carbocycles. The minimum atomic E-state index is -0.0484. The SMILES string of the molecule is Cc1ccc(NC(=O)c2cc3cc(C)ccc3s2)cc1. The van der Waals surface area contributed by atoms with Crippen molar-refractivity contribution in [1.82, 2.24) is 0 Å². The molecule has 0 fully saturated rings. The molecule has 3 aromatic rings. The van der Waals surface area contributed by atoms with Crippen LogP contribution in [0.4, 0.5) is 5.69 Å². The van der Waals surface area contributed by atoms with Crippen molar-refractivity contribution in [1.29, 1.82) is 0 Å². The summed E-state index contributed by atoms with van der Waals surface area (Å²) in [5.41, 5.74) is 3.22. The zero-order valence-corrected chi connectivity index (χ0v) is 12.3. The average Bonchev–Trinajstić information content (AvgIpc) is 2.84. The lowest BCUT2D eigenvalue weighted by Gasteiger charge is -2.03. The minimum Gasteiger partial charge on any atom is -0.321 e. The normalized spacial score (nSPS) is 10.7. The van der Waals surface area contributed by atoms with Gasteiger partial charge in [0.1, 0.15) is 0 Å². The van der Waals surface area contributed by atoms with E-state index in [-0.39, 0.29) is 5.91 Å². The van der Waals surface area contributed by atoms with Crippen LogP contribution in [0.2, 0.25) is 0 Å². The molecule has 3 rings (SSSR count). The van der Waals surface area contributed by atoms with Crippen molar-refractivity contribution in [2.24, 2.45) is 0 Å². The number of fused-ring (bicyclic) bond motifs is 1. The first-order valence-electron chi connectivity index (χ1n) is 6.50. The van der Waals surface area contributed by atoms with Crippen LogP contribution in [0.25, 0.3) is 10.1 Å². The molecule has 1 N–H and O–H groups in total. The fourth-order valence-electron chi connectivity index (χ4n) is 2.10. The van der Waals surface area contributed by atoms with Gasteiger partial charge in [-0.1, -0.05) is 35.4 Å². The van der Waals surface area contributed by atoms with Gasteiger partial charge in [0.2, 0.25) is 0 Å². The molecule has 0 saturated heterocycles. The van der Waals surface area contributed by atoms with E-state index in [9.17, 15) is 4.79 Å². The number of thiophene rings is 1. The summed E-state index contributed by atoms with van der Waals surface area (Å²) in [6.07, 6.45) is 0. The number of benzene rings is 2. The Morgan fingerprint density at radius 2 is 1.65 bits per heavy atom. The van der Waals surface area contributed by atoms with Gasteiger partial charge < -0.3 is 5.32 Å². The zero-order chi connectivity index (χ0) is 14.1. The van der Waals surface area contributed by atoms with Crippen LogP contribution in [-0.4, -0.2) is 5.91 Å². The summed E-state index contributed by atoms with van der Waals surface area (Å²) in [5.74, 6) is -0.0484. The van der Waals surface area contributed by atoms with E-state index in [1.165, 1.54) is 22.5 Å². The summed E-state index contributed by atoms with van der Waals surface area (Å²) in [7, 11) is 0. The first kappa shape index (κ1) is 12.9. The Morgan fingerprint density at radius 3 is 2.40 bits per heavy atom. The van der Waals surface area contributed by atoms with E-state index in [2.05, 4.69) is 30.4 Å². The number of hydrogen-bond donors (Lipinski definition) is 1. The fourth-order valence-corrected chi connectivity index (χ4v) is 3.04. The van der Waals surface area contributed by atoms with E-state index in [0.29, 0.717) is 0 Å². The summed E-state index contributed by atoms with van der Waals surface area (Å²) < 4.78 is 1.14. The number of carbonyl (C=O) groups excluding carboxylic acids is 1. The third-order valence-corrected chi connectivity index (χ3v) is 4.32. The molecule has 0 aliphatic heterocycles. The van der Waals surface area contributed by atoms with Crippen LogP contribution < -0.4 is 5.32 Å². The van der Waals surface area contributed by atoms with Crippen molar-refractivity contribution in [2.75, 3.05) is 5.32 Å². The second kappa shape index (κ2) is 5.10. The molecule has 1 amide bonds. The van der Waals surface area contributed by atoms with E-state index in [1.54, 1.807) is 0 Å². The van der Waals surface area contributed by atoms with Crippen LogP contribution in [0, 0.1) is 13.8 Å². The highest BCUT2D eigenvalue weighted by atomic mass is 32.1. The van der Waals surface area contributed by atoms with Gasteiger partial charge in [0, 0.05) is 10.4 Å². The number of hydrogen-bond acceptors (Lipinski definition) is 2. The first-order valence-corrected chi connectivity index (χ1v) is 7.32. The molecule has 0 bridgehead atoms. The summed E-state index contributed by atoms with van der Waals surface area (Å²) in [4.78, 5) is 13.0. The number of amides is 1. The molecule has 20 heavy (non-hydrogen) atoms. The van der Waals surface area contributed by atoms with Crippen LogP contribution in [0.3, 0.4) is 0 Å². The molecule has 0 unspecified atom stereocenters. The highest BCUT2D eigenvalue weighted by Crippen LogP contribution is 2.27. The van der Waals surface area contributed by atoms with Gasteiger partial charge in [-0.15, -0.1) is 11.3 Å². The summed E-state index contributed by atoms with van der Waals surface area (Å²) >= 11 is 1.52. The minimum absolute atomic E-state index is 0.0484. The van der Waals surface area contributed by atoms with Crippen LogP contribution in [0.15, 0.2) is 48.5 Å². The quantitative estimate of drug-likeness (QED) is 0.720. The van der Waals surface area contributed by atoms with Gasteiger partial charge in [-0.25, -0.2) is 0 Å². The molecule has 1 aromatic heterocycles. The highest BCUT2D eigenvalue weighted by molar-refractivity contribution is 7.20. The Balaban J connectivity index is 1.86. The van der Waals surface area contributed by atoms with E-state index in [1.807, 2.05) is 37.3 Å². The van der Waals surface area contributed by atoms with Crippen LogP contribution >= 0.6 is 11.3 Å². The highest BCUT2D eigenvalue weighted by Gasteiger charge is 2.10. The maximum atomic E-state index is 12.3. The molecule has 0 atom stereocenters. The number of nitrogens with one attached hydrogen (secondary N) is 1. The molecule has 100 valence electrons. The Hall–Kier alpha value is -2.13. The molecule has 3 heteroatoms. The summed E-state index contributed by atoms with van der Waals surface area (Å²) in [6, 6.07) is 16.0. The third kappa shape index (κ3) is 2.58. The standard InChI is InChI=1S/C17H15NOS/c1-11-3-6-14(7-4-11)18-17(19)16-10-13-9-12(2)5-8-15(13)20-16/h3-10H,1-2H3,(H,18,19). The van der Waals surface area contributed by atoms with Gasteiger partial charge in [0.05, 0.1) is 4.88 Å². The Kier molecular flexibility index (Phi) is 3.28. The fraction of sp³-hybridized carbons (Fsp3) is 0.118. The monoisotopic (exact) mass is 281 g/mol. The Morgan fingerprint density at radius 1 is 0.950 bits per heavy atom. The van der Waals surface area contributed by atoms with Crippen LogP contribution in [0.1, 0.15) is 20.8 Å². The van der Waals surface area contributed by atoms with E-state index < -0.39 is 0 Å². The van der Waals surface area contributed by atoms with Gasteiger partial charge in [0.25, 0.3) is 5.91 Å². The Bertz CT molecular complexity index is 771. The molecular weight excluding hydrogens is 266 g/mol. The molecule has 0 aliphatic rings. The average molecular weight is 281 g/mol. The lowest BCUT2D eigenvalue weighted by atomic mass is 10.2. The molecule has 2 nitrogen and oxygen atoms in total. The predicted molar refractivity (Wildman–Crippen MR) is 85.7 cm³/mol. The van der Waals surface area contributed by atoms with Crippen LogP contribution in [-0.2, 0) is 0 Å². The second-order valence-corrected chi connectivity index (χ2v) is 6.06. The van der Waals surface area contributed by atoms with Gasteiger partial charge in [-0.05, 0) is 43.5 Å². The number of anilines is 1. The van der Waals surface area contributed by atoms with E-state index in [0.717, 1.165) is 20.7 Å². The smallest absolute Gasteiger partial charge is 0.265 e. The van der Waals surface area contributed by atoms with Gasteiger partial charge >= 0.3 is 0 Å². The number of carbonyl (C=O) groups is 1. The molecule has 0 saturated carbocycles. The van der Waals surface area contributed by atoms with E-state index in [4.69, 9.17) is 0 Å². The summed E-state index contributed by atoms with van der Waals surface area (Å²) in [6.45, 7) is 4.09. The topological polar surface area (TPSA) is 29.1 Å². The molecule has 2 aromatic carbocycles. The number of aryl methyl sites for hydroxylation is 2. The van der Waals surface area contributed by atoms with E-state index >= 15 is 0 Å². The number of rotatable bonds is 2. The predicted octanol–water partition coefficient (Wildman–Crippen LogP) is 4.77. The van der Waals surface area contributed by atoms with Gasteiger partial charge in [-0.2, -0.15) is 0 Å². The molecule has 1 heterocycles. The lowest BCUT2D eigenvalue weighted by Crippen LogP contribution is -2.09. The largest absolute Gasteiger partial charge is 0.321 e. The Labute approximate surface area is 122 Å². The van der Waals surface area contributed by atoms with Crippen molar-refractivity contribution >= 4 is 33.0 Å². The van der Waals surface area contributed by atoms with Crippen molar-refractivity contribution in [2.45, 2.75) is 13.8 Å². The summed E-state index contributed by atoms with van der Waals surface area (Å²) in [5, 5.41) is 4.06. The van der Waals surface area contributed by atoms with Gasteiger partial charge in [0.15, 0.2) is 0 Å². The van der Waals surface area contributed by atoms with Crippen molar-refractivity contribution in [3.05, 3.63) is 64.5 Å². The second-order valence-electron chi connectivity index (χ2n) is 4.97. The van der Waals surface area contributed by atoms with Gasteiger partial charge in [-0.3, -0.25) is 4.79 Å². The van der Waals surface area contributed by atoms with Crippen molar-refractivity contribution in [3.63, 3.8) is 0 Å². The lowest BCUT2D eigenvalue weighted by molar-refractivity contribution is 0.103. The maximum absolute atomic E-state index is 12.3. The molecule has 0 radical (unpaired) electrons. The zero-order valence-electron chi connectivity index (χ0n) is 11.4. The maximum Gasteiger partial charge on any atom is 0.265 e. The third-order valence-electron chi connectivity index (χ3n) is 3.21. The molecular formula is C17H15NOS. The first-order chi connectivity index (χ1) is 9.61.